The summed E-state index contributed by atoms with van der Waals surface area (Å²) < 4.78 is 1.48. The summed E-state index contributed by atoms with van der Waals surface area (Å²) in [7, 11) is 1.71. The predicted molar refractivity (Wildman–Crippen MR) is 72.8 cm³/mol. The zero-order valence-corrected chi connectivity index (χ0v) is 10.4. The third-order valence-corrected chi connectivity index (χ3v) is 3.16. The average Bonchev–Trinajstić information content (AvgIpc) is 2.78. The van der Waals surface area contributed by atoms with E-state index in [1.54, 1.807) is 25.5 Å². The molecule has 3 aromatic rings. The molecule has 0 radical (unpaired) electrons. The Morgan fingerprint density at radius 1 is 1.21 bits per heavy atom. The lowest BCUT2D eigenvalue weighted by Crippen LogP contribution is -2.06. The molecule has 0 aliphatic carbocycles. The third kappa shape index (κ3) is 1.76. The molecule has 5 heteroatoms. The number of carbonyl (C=O) groups excluding carboxylic acids is 1. The number of hydrogen-bond donors (Lipinski definition) is 1. The molecule has 2 heterocycles. The largest absolute Gasteiger partial charge is 0.383 e. The predicted octanol–water partition coefficient (Wildman–Crippen LogP) is 1.78. The van der Waals surface area contributed by atoms with Gasteiger partial charge in [-0.15, -0.1) is 0 Å². The van der Waals surface area contributed by atoms with E-state index in [1.807, 2.05) is 18.2 Å². The number of pyridine rings is 1. The quantitative estimate of drug-likeness (QED) is 0.705. The normalized spacial score (nSPS) is 10.8. The van der Waals surface area contributed by atoms with Gasteiger partial charge in [-0.3, -0.25) is 14.5 Å². The summed E-state index contributed by atoms with van der Waals surface area (Å²) in [6, 6.07) is 7.44. The monoisotopic (exact) mass is 252 g/mol. The molecule has 2 aromatic heterocycles. The fourth-order valence-electron chi connectivity index (χ4n) is 2.08. The van der Waals surface area contributed by atoms with Crippen LogP contribution in [0.2, 0.25) is 0 Å². The second-order valence-corrected chi connectivity index (χ2v) is 4.30. The van der Waals surface area contributed by atoms with Crippen molar-refractivity contribution in [1.82, 2.24) is 14.8 Å². The summed E-state index contributed by atoms with van der Waals surface area (Å²) in [6.45, 7) is 0. The number of aryl methyl sites for hydroxylation is 1. The number of nitrogens with zero attached hydrogens (tertiary/aromatic N) is 3. The molecule has 0 fully saturated rings. The first-order chi connectivity index (χ1) is 9.18. The van der Waals surface area contributed by atoms with Gasteiger partial charge in [0.15, 0.2) is 5.78 Å². The Hall–Kier alpha value is -2.69. The number of anilines is 1. The highest BCUT2D eigenvalue weighted by molar-refractivity contribution is 6.18. The standard InChI is InChI=1S/C14H12N4O/c1-18-14(15)12(8-17-18)13(19)10-4-2-3-9-5-6-16-7-11(9)10/h2-8H,15H2,1H3. The molecule has 0 aliphatic heterocycles. The smallest absolute Gasteiger partial charge is 0.199 e. The molecule has 0 aliphatic rings. The summed E-state index contributed by atoms with van der Waals surface area (Å²) in [5, 5.41) is 5.79. The van der Waals surface area contributed by atoms with Gasteiger partial charge in [-0.1, -0.05) is 18.2 Å². The van der Waals surface area contributed by atoms with E-state index in [9.17, 15) is 4.79 Å². The Balaban J connectivity index is 2.20. The van der Waals surface area contributed by atoms with E-state index < -0.39 is 0 Å². The van der Waals surface area contributed by atoms with Crippen LogP contribution in [0.3, 0.4) is 0 Å². The van der Waals surface area contributed by atoms with Gasteiger partial charge in [-0.2, -0.15) is 5.10 Å². The van der Waals surface area contributed by atoms with Crippen LogP contribution in [0.1, 0.15) is 15.9 Å². The van der Waals surface area contributed by atoms with E-state index in [0.717, 1.165) is 10.8 Å². The van der Waals surface area contributed by atoms with E-state index in [2.05, 4.69) is 10.1 Å². The Morgan fingerprint density at radius 2 is 2.05 bits per heavy atom. The van der Waals surface area contributed by atoms with Crippen molar-refractivity contribution in [2.45, 2.75) is 0 Å². The molecule has 0 bridgehead atoms. The summed E-state index contributed by atoms with van der Waals surface area (Å²) in [4.78, 5) is 16.6. The lowest BCUT2D eigenvalue weighted by molar-refractivity contribution is 0.104. The van der Waals surface area contributed by atoms with E-state index in [-0.39, 0.29) is 5.78 Å². The molecule has 0 atom stereocenters. The number of ketones is 1. The van der Waals surface area contributed by atoms with Crippen LogP contribution in [0.4, 0.5) is 5.82 Å². The van der Waals surface area contributed by atoms with Crippen LogP contribution in [0.5, 0.6) is 0 Å². The molecule has 94 valence electrons. The Kier molecular flexibility index (Phi) is 2.52. The number of nitrogens with two attached hydrogens (primary N) is 1. The summed E-state index contributed by atoms with van der Waals surface area (Å²) >= 11 is 0. The van der Waals surface area contributed by atoms with Gasteiger partial charge >= 0.3 is 0 Å². The number of rotatable bonds is 2. The molecule has 3 rings (SSSR count). The van der Waals surface area contributed by atoms with Crippen LogP contribution in [-0.2, 0) is 7.05 Å². The van der Waals surface area contributed by atoms with Crippen molar-refractivity contribution in [3.8, 4) is 0 Å². The second-order valence-electron chi connectivity index (χ2n) is 4.30. The molecule has 1 aromatic carbocycles. The first-order valence-corrected chi connectivity index (χ1v) is 5.83. The molecule has 19 heavy (non-hydrogen) atoms. The molecule has 0 spiro atoms. The van der Waals surface area contributed by atoms with Crippen LogP contribution < -0.4 is 5.73 Å². The lowest BCUT2D eigenvalue weighted by atomic mass is 10.00. The zero-order valence-electron chi connectivity index (χ0n) is 10.4. The number of aromatic nitrogens is 3. The molecular weight excluding hydrogens is 240 g/mol. The fraction of sp³-hybridized carbons (Fsp3) is 0.0714. The Morgan fingerprint density at radius 3 is 2.79 bits per heavy atom. The van der Waals surface area contributed by atoms with Gasteiger partial charge in [0, 0.05) is 30.4 Å². The van der Waals surface area contributed by atoms with E-state index >= 15 is 0 Å². The highest BCUT2D eigenvalue weighted by atomic mass is 16.1. The summed E-state index contributed by atoms with van der Waals surface area (Å²) in [5.74, 6) is 0.232. The van der Waals surface area contributed by atoms with Gasteiger partial charge < -0.3 is 5.73 Å². The van der Waals surface area contributed by atoms with Crippen LogP contribution in [0.25, 0.3) is 10.8 Å². The van der Waals surface area contributed by atoms with Crippen molar-refractivity contribution in [3.63, 3.8) is 0 Å². The third-order valence-electron chi connectivity index (χ3n) is 3.16. The molecule has 2 N–H and O–H groups in total. The number of fused-ring (bicyclic) bond motifs is 1. The molecular formula is C14H12N4O. The zero-order chi connectivity index (χ0) is 13.4. The number of benzene rings is 1. The minimum atomic E-state index is -0.135. The minimum Gasteiger partial charge on any atom is -0.383 e. The number of carbonyl (C=O) groups is 1. The molecule has 0 saturated carbocycles. The van der Waals surface area contributed by atoms with Crippen LogP contribution in [-0.4, -0.2) is 20.5 Å². The molecule has 0 saturated heterocycles. The van der Waals surface area contributed by atoms with Crippen LogP contribution in [0.15, 0.2) is 42.9 Å². The van der Waals surface area contributed by atoms with E-state index in [4.69, 9.17) is 5.73 Å². The molecule has 5 nitrogen and oxygen atoms in total. The van der Waals surface area contributed by atoms with Crippen molar-refractivity contribution >= 4 is 22.4 Å². The maximum atomic E-state index is 12.5. The fourth-order valence-corrected chi connectivity index (χ4v) is 2.08. The summed E-state index contributed by atoms with van der Waals surface area (Å²) in [6.07, 6.45) is 4.89. The Bertz CT molecular complexity index is 771. The van der Waals surface area contributed by atoms with Gasteiger partial charge in [-0.05, 0) is 11.5 Å². The van der Waals surface area contributed by atoms with Crippen molar-refractivity contribution in [2.24, 2.45) is 7.05 Å². The highest BCUT2D eigenvalue weighted by Gasteiger charge is 2.17. The highest BCUT2D eigenvalue weighted by Crippen LogP contribution is 2.22. The first kappa shape index (κ1) is 11.4. The van der Waals surface area contributed by atoms with Crippen molar-refractivity contribution < 1.29 is 4.79 Å². The average molecular weight is 252 g/mol. The minimum absolute atomic E-state index is 0.135. The molecule has 0 amide bonds. The summed E-state index contributed by atoms with van der Waals surface area (Å²) in [5.41, 5.74) is 6.85. The van der Waals surface area contributed by atoms with Crippen molar-refractivity contribution in [3.05, 3.63) is 54.0 Å². The SMILES string of the molecule is Cn1ncc(C(=O)c2cccc3ccncc23)c1N. The lowest BCUT2D eigenvalue weighted by Gasteiger charge is -2.04. The van der Waals surface area contributed by atoms with Crippen molar-refractivity contribution in [1.29, 1.82) is 0 Å². The Labute approximate surface area is 109 Å². The topological polar surface area (TPSA) is 73.8 Å². The van der Waals surface area contributed by atoms with Crippen LogP contribution in [0, 0.1) is 0 Å². The number of nitrogen functional groups attached to an aromatic ring is 1. The van der Waals surface area contributed by atoms with Gasteiger partial charge in [0.2, 0.25) is 0 Å². The van der Waals surface area contributed by atoms with Crippen LogP contribution >= 0.6 is 0 Å². The first-order valence-electron chi connectivity index (χ1n) is 5.83. The van der Waals surface area contributed by atoms with Gasteiger partial charge in [-0.25, -0.2) is 0 Å². The van der Waals surface area contributed by atoms with Crippen molar-refractivity contribution in [2.75, 3.05) is 5.73 Å². The second kappa shape index (κ2) is 4.20. The maximum absolute atomic E-state index is 12.5. The number of hydrogen-bond acceptors (Lipinski definition) is 4. The van der Waals surface area contributed by atoms with Gasteiger partial charge in [0.1, 0.15) is 5.82 Å². The maximum Gasteiger partial charge on any atom is 0.199 e. The van der Waals surface area contributed by atoms with E-state index in [0.29, 0.717) is 16.9 Å². The molecule has 0 unspecified atom stereocenters. The van der Waals surface area contributed by atoms with E-state index in [1.165, 1.54) is 10.9 Å². The van der Waals surface area contributed by atoms with Gasteiger partial charge in [0.05, 0.1) is 11.8 Å². The van der Waals surface area contributed by atoms with Gasteiger partial charge in [0.25, 0.3) is 0 Å².